The molecule has 2 heteroatoms. The summed E-state index contributed by atoms with van der Waals surface area (Å²) < 4.78 is 22.3. The fraction of sp³-hybridized carbons (Fsp3) is 0.333. The second-order valence-electron chi connectivity index (χ2n) is 1.29. The molecule has 0 aromatic carbocycles. The molecule has 0 rings (SSSR count). The average Bonchev–Trinajstić information content (AvgIpc) is 1.66. The van der Waals surface area contributed by atoms with E-state index in [2.05, 4.69) is 0 Å². The van der Waals surface area contributed by atoms with Crippen LogP contribution in [0, 0.1) is 0 Å². The van der Waals surface area contributed by atoms with Gasteiger partial charge in [-0.05, 0) is 6.42 Å². The van der Waals surface area contributed by atoms with Gasteiger partial charge in [0.1, 0.15) is 0 Å². The highest BCUT2D eigenvalue weighted by atomic mass is 19.3. The van der Waals surface area contributed by atoms with Crippen LogP contribution in [0.15, 0.2) is 24.3 Å². The largest absolute Gasteiger partial charge is 0.270 e. The molecule has 0 aliphatic rings. The van der Waals surface area contributed by atoms with Gasteiger partial charge in [0.05, 0.1) is 0 Å². The lowest BCUT2D eigenvalue weighted by Crippen LogP contribution is -1.54. The van der Waals surface area contributed by atoms with E-state index in [1.165, 1.54) is 6.08 Å². The van der Waals surface area contributed by atoms with Crippen LogP contribution in [-0.4, -0.2) is 0 Å². The Morgan fingerprint density at radius 3 is 2.50 bits per heavy atom. The molecule has 0 aromatic heterocycles. The molecule has 0 atom stereocenters. The van der Waals surface area contributed by atoms with E-state index in [0.29, 0.717) is 0 Å². The zero-order valence-corrected chi connectivity index (χ0v) is 4.70. The van der Waals surface area contributed by atoms with Crippen molar-refractivity contribution in [2.24, 2.45) is 0 Å². The van der Waals surface area contributed by atoms with E-state index in [1.807, 2.05) is 6.92 Å². The second-order valence-corrected chi connectivity index (χ2v) is 1.29. The molecule has 0 aliphatic heterocycles. The van der Waals surface area contributed by atoms with Gasteiger partial charge in [-0.2, -0.15) is 8.78 Å². The molecule has 46 valence electrons. The van der Waals surface area contributed by atoms with Crippen molar-refractivity contribution >= 4 is 0 Å². The van der Waals surface area contributed by atoms with Gasteiger partial charge in [0.2, 0.25) is 0 Å². The summed E-state index contributed by atoms with van der Waals surface area (Å²) in [6, 6.07) is 0. The van der Waals surface area contributed by atoms with Crippen LogP contribution >= 0.6 is 0 Å². The summed E-state index contributed by atoms with van der Waals surface area (Å²) in [4.78, 5) is 0. The van der Waals surface area contributed by atoms with Gasteiger partial charge in [0.15, 0.2) is 0 Å². The van der Waals surface area contributed by atoms with Crippen LogP contribution in [0.25, 0.3) is 0 Å². The lowest BCUT2D eigenvalue weighted by molar-refractivity contribution is 0.422. The molecule has 0 nitrogen and oxygen atoms in total. The number of allylic oxidation sites excluding steroid dienone is 3. The van der Waals surface area contributed by atoms with Crippen molar-refractivity contribution in [2.45, 2.75) is 13.3 Å². The second kappa shape index (κ2) is 4.50. The third-order valence-electron chi connectivity index (χ3n) is 0.594. The molecule has 0 aliphatic carbocycles. The first-order valence-corrected chi connectivity index (χ1v) is 2.45. The first-order chi connectivity index (χ1) is 3.77. The summed E-state index contributed by atoms with van der Waals surface area (Å²) in [5.74, 6) is 0. The number of rotatable bonds is 2. The molecule has 0 saturated heterocycles. The lowest BCUT2D eigenvalue weighted by atomic mass is 10.4. The Labute approximate surface area is 47.5 Å². The van der Waals surface area contributed by atoms with E-state index in [0.717, 1.165) is 12.5 Å². The Kier molecular flexibility index (Phi) is 4.13. The Morgan fingerprint density at radius 2 is 2.12 bits per heavy atom. The summed E-state index contributed by atoms with van der Waals surface area (Å²) in [6.07, 6.45) is 2.94. The third kappa shape index (κ3) is 5.34. The Morgan fingerprint density at radius 1 is 1.50 bits per heavy atom. The van der Waals surface area contributed by atoms with Crippen LogP contribution in [0.1, 0.15) is 13.3 Å². The maximum atomic E-state index is 11.2. The van der Waals surface area contributed by atoms with E-state index in [-0.39, 0.29) is 0 Å². The van der Waals surface area contributed by atoms with Crippen molar-refractivity contribution in [3.63, 3.8) is 0 Å². The Balaban J connectivity index is 3.42. The molecule has 0 heterocycles. The zero-order valence-electron chi connectivity index (χ0n) is 4.70. The van der Waals surface area contributed by atoms with Crippen molar-refractivity contribution in [3.05, 3.63) is 24.3 Å². The highest BCUT2D eigenvalue weighted by Gasteiger charge is 1.78. The third-order valence-corrected chi connectivity index (χ3v) is 0.594. The minimum atomic E-state index is -1.64. The SMILES string of the molecule is CC/C=C/C=C(F)F. The van der Waals surface area contributed by atoms with E-state index in [9.17, 15) is 8.78 Å². The van der Waals surface area contributed by atoms with Gasteiger partial charge in [-0.15, -0.1) is 0 Å². The summed E-state index contributed by atoms with van der Waals surface area (Å²) in [5.41, 5.74) is 0. The van der Waals surface area contributed by atoms with Crippen molar-refractivity contribution in [2.75, 3.05) is 0 Å². The average molecular weight is 118 g/mol. The van der Waals surface area contributed by atoms with E-state index in [1.54, 1.807) is 6.08 Å². The minimum absolute atomic E-state index is 0.781. The van der Waals surface area contributed by atoms with E-state index in [4.69, 9.17) is 0 Å². The van der Waals surface area contributed by atoms with Gasteiger partial charge in [-0.3, -0.25) is 0 Å². The monoisotopic (exact) mass is 118 g/mol. The fourth-order valence-corrected chi connectivity index (χ4v) is 0.277. The van der Waals surface area contributed by atoms with Gasteiger partial charge in [-0.25, -0.2) is 0 Å². The molecule has 0 aromatic rings. The molecule has 0 radical (unpaired) electrons. The lowest BCUT2D eigenvalue weighted by Gasteiger charge is -1.73. The van der Waals surface area contributed by atoms with E-state index >= 15 is 0 Å². The van der Waals surface area contributed by atoms with Crippen molar-refractivity contribution in [3.8, 4) is 0 Å². The summed E-state index contributed by atoms with van der Waals surface area (Å²) in [5, 5.41) is 0. The normalized spacial score (nSPS) is 9.88. The highest BCUT2D eigenvalue weighted by molar-refractivity contribution is 5.01. The Bertz CT molecular complexity index is 99.1. The quantitative estimate of drug-likeness (QED) is 0.489. The number of hydrogen-bond acceptors (Lipinski definition) is 0. The molecule has 0 fully saturated rings. The molecule has 8 heavy (non-hydrogen) atoms. The zero-order chi connectivity index (χ0) is 6.41. The molecular formula is C6H8F2. The topological polar surface area (TPSA) is 0 Å². The number of halogens is 2. The molecule has 0 N–H and O–H groups in total. The predicted octanol–water partition coefficient (Wildman–Crippen LogP) is 2.73. The summed E-state index contributed by atoms with van der Waals surface area (Å²) >= 11 is 0. The maximum Gasteiger partial charge on any atom is 0.270 e. The Hall–Kier alpha value is -0.660. The predicted molar refractivity (Wildman–Crippen MR) is 29.7 cm³/mol. The summed E-state index contributed by atoms with van der Waals surface area (Å²) in [6.45, 7) is 1.89. The van der Waals surface area contributed by atoms with Gasteiger partial charge in [0.25, 0.3) is 6.08 Å². The minimum Gasteiger partial charge on any atom is -0.173 e. The van der Waals surface area contributed by atoms with Crippen LogP contribution < -0.4 is 0 Å². The number of hydrogen-bond donors (Lipinski definition) is 0. The van der Waals surface area contributed by atoms with Crippen LogP contribution in [-0.2, 0) is 0 Å². The van der Waals surface area contributed by atoms with Crippen molar-refractivity contribution < 1.29 is 8.78 Å². The maximum absolute atomic E-state index is 11.2. The van der Waals surface area contributed by atoms with Crippen molar-refractivity contribution in [1.29, 1.82) is 0 Å². The van der Waals surface area contributed by atoms with Crippen LogP contribution in [0.2, 0.25) is 0 Å². The molecule has 0 saturated carbocycles. The molecule has 0 amide bonds. The van der Waals surface area contributed by atoms with Crippen LogP contribution in [0.3, 0.4) is 0 Å². The van der Waals surface area contributed by atoms with Crippen LogP contribution in [0.5, 0.6) is 0 Å². The standard InChI is InChI=1S/C6H8F2/c1-2-3-4-5-6(7)8/h3-5H,2H2,1H3/b4-3+. The van der Waals surface area contributed by atoms with Gasteiger partial charge in [0, 0.05) is 6.08 Å². The van der Waals surface area contributed by atoms with Crippen LogP contribution in [0.4, 0.5) is 8.78 Å². The smallest absolute Gasteiger partial charge is 0.173 e. The van der Waals surface area contributed by atoms with Crippen molar-refractivity contribution in [1.82, 2.24) is 0 Å². The van der Waals surface area contributed by atoms with Gasteiger partial charge < -0.3 is 0 Å². The highest BCUT2D eigenvalue weighted by Crippen LogP contribution is 1.95. The molecule has 0 bridgehead atoms. The molecular weight excluding hydrogens is 110 g/mol. The van der Waals surface area contributed by atoms with E-state index < -0.39 is 6.08 Å². The van der Waals surface area contributed by atoms with Gasteiger partial charge in [-0.1, -0.05) is 19.1 Å². The first-order valence-electron chi connectivity index (χ1n) is 2.45. The molecule has 0 unspecified atom stereocenters. The van der Waals surface area contributed by atoms with Gasteiger partial charge >= 0.3 is 0 Å². The summed E-state index contributed by atoms with van der Waals surface area (Å²) in [7, 11) is 0. The molecule has 0 spiro atoms. The first kappa shape index (κ1) is 7.34. The fourth-order valence-electron chi connectivity index (χ4n) is 0.277.